The lowest BCUT2D eigenvalue weighted by molar-refractivity contribution is 0.982. The van der Waals surface area contributed by atoms with Gasteiger partial charge in [0.15, 0.2) is 0 Å². The Labute approximate surface area is 114 Å². The highest BCUT2D eigenvalue weighted by Gasteiger charge is 2.13. The third-order valence-corrected chi connectivity index (χ3v) is 3.39. The summed E-state index contributed by atoms with van der Waals surface area (Å²) in [5.74, 6) is 0.647. The first-order chi connectivity index (χ1) is 9.83. The monoisotopic (exact) mass is 261 g/mol. The molecule has 1 aromatic carbocycles. The molecule has 20 heavy (non-hydrogen) atoms. The second-order valence-electron chi connectivity index (χ2n) is 4.65. The lowest BCUT2D eigenvalue weighted by Gasteiger charge is -1.97. The van der Waals surface area contributed by atoms with Gasteiger partial charge in [0.2, 0.25) is 0 Å². The summed E-state index contributed by atoms with van der Waals surface area (Å²) in [6.45, 7) is 0. The zero-order chi connectivity index (χ0) is 13.5. The minimum Gasteiger partial charge on any atom is -0.305 e. The van der Waals surface area contributed by atoms with E-state index in [4.69, 9.17) is 0 Å². The third kappa shape index (κ3) is 1.55. The molecule has 0 fully saturated rings. The van der Waals surface area contributed by atoms with Crippen LogP contribution < -0.4 is 5.69 Å². The number of fused-ring (bicyclic) bond motifs is 2. The van der Waals surface area contributed by atoms with Crippen LogP contribution in [-0.4, -0.2) is 14.5 Å². The predicted octanol–water partition coefficient (Wildman–Crippen LogP) is 2.82. The van der Waals surface area contributed by atoms with Crippen molar-refractivity contribution in [3.05, 3.63) is 71.1 Å². The molecule has 1 N–H and O–H groups in total. The summed E-state index contributed by atoms with van der Waals surface area (Å²) in [6.07, 6.45) is 0. The Balaban J connectivity index is 2.05. The largest absolute Gasteiger partial charge is 0.332 e. The molecule has 1 aliphatic carbocycles. The Bertz CT molecular complexity index is 905. The first-order valence-corrected chi connectivity index (χ1v) is 6.39. The van der Waals surface area contributed by atoms with Gasteiger partial charge < -0.3 is 4.98 Å². The Morgan fingerprint density at radius 1 is 0.950 bits per heavy atom. The predicted molar refractivity (Wildman–Crippen MR) is 78.3 cm³/mol. The van der Waals surface area contributed by atoms with Gasteiger partial charge in [0, 0.05) is 5.56 Å². The molecule has 4 rings (SSSR count). The van der Waals surface area contributed by atoms with Crippen molar-refractivity contribution in [1.82, 2.24) is 14.5 Å². The molecule has 2 aromatic rings. The number of imidazole rings is 1. The minimum absolute atomic E-state index is 0.168. The maximum Gasteiger partial charge on any atom is 0.332 e. The number of aromatic nitrogens is 3. The average molecular weight is 261 g/mol. The number of aromatic amines is 1. The average Bonchev–Trinajstić information content (AvgIpc) is 2.91. The van der Waals surface area contributed by atoms with Crippen LogP contribution in [0.25, 0.3) is 28.1 Å². The van der Waals surface area contributed by atoms with Crippen molar-refractivity contribution in [1.29, 1.82) is 0 Å². The first kappa shape index (κ1) is 11.0. The van der Waals surface area contributed by atoms with Gasteiger partial charge in [-0.05, 0) is 24.3 Å². The lowest BCUT2D eigenvalue weighted by atomic mass is 10.2. The van der Waals surface area contributed by atoms with Crippen LogP contribution in [0.2, 0.25) is 0 Å². The van der Waals surface area contributed by atoms with Crippen molar-refractivity contribution < 1.29 is 0 Å². The minimum atomic E-state index is -0.168. The van der Waals surface area contributed by atoms with Crippen LogP contribution in [0.5, 0.6) is 0 Å². The van der Waals surface area contributed by atoms with E-state index in [1.807, 2.05) is 60.7 Å². The second-order valence-corrected chi connectivity index (χ2v) is 4.65. The van der Waals surface area contributed by atoms with Crippen LogP contribution in [0, 0.1) is 0 Å². The van der Waals surface area contributed by atoms with Crippen LogP contribution in [0.4, 0.5) is 0 Å². The lowest BCUT2D eigenvalue weighted by Crippen LogP contribution is -2.14. The summed E-state index contributed by atoms with van der Waals surface area (Å²) in [5.41, 5.74) is 3.38. The van der Waals surface area contributed by atoms with Crippen LogP contribution in [0.15, 0.2) is 65.5 Å². The number of H-pyrrole nitrogens is 1. The van der Waals surface area contributed by atoms with E-state index < -0.39 is 0 Å². The third-order valence-electron chi connectivity index (χ3n) is 3.39. The van der Waals surface area contributed by atoms with E-state index in [9.17, 15) is 4.79 Å². The Morgan fingerprint density at radius 2 is 1.75 bits per heavy atom. The van der Waals surface area contributed by atoms with Crippen LogP contribution in [-0.2, 0) is 0 Å². The molecule has 4 heteroatoms. The summed E-state index contributed by atoms with van der Waals surface area (Å²) in [6, 6.07) is 19.3. The topological polar surface area (TPSA) is 50.7 Å². The molecule has 0 spiro atoms. The Hall–Kier alpha value is -2.88. The maximum atomic E-state index is 12.1. The summed E-state index contributed by atoms with van der Waals surface area (Å²) < 4.78 is 1.61. The second kappa shape index (κ2) is 4.06. The number of nitrogens with zero attached hydrogens (tertiary/aromatic N) is 2. The molecule has 0 radical (unpaired) electrons. The molecule has 2 heterocycles. The van der Waals surface area contributed by atoms with E-state index in [1.54, 1.807) is 4.57 Å². The number of nitrogens with one attached hydrogen (secondary N) is 1. The van der Waals surface area contributed by atoms with E-state index in [0.29, 0.717) is 5.82 Å². The fourth-order valence-electron chi connectivity index (χ4n) is 2.47. The van der Waals surface area contributed by atoms with Gasteiger partial charge in [0.05, 0.1) is 16.7 Å². The van der Waals surface area contributed by atoms with E-state index in [-0.39, 0.29) is 5.69 Å². The Kier molecular flexibility index (Phi) is 2.23. The van der Waals surface area contributed by atoms with Gasteiger partial charge in [-0.2, -0.15) is 0 Å². The normalized spacial score (nSPS) is 11.2. The standard InChI is InChI=1S/C16H11N3O/c20-16-18-13-8-4-5-9-14(13)19(16)15-10-11-6-2-1-3-7-12(11)17-15/h1-10H,(H,18,20). The number of para-hydroxylation sites is 2. The van der Waals surface area contributed by atoms with Gasteiger partial charge in [0.25, 0.3) is 0 Å². The maximum absolute atomic E-state index is 12.1. The number of rotatable bonds is 1. The molecule has 0 saturated carbocycles. The fourth-order valence-corrected chi connectivity index (χ4v) is 2.47. The summed E-state index contributed by atoms with van der Waals surface area (Å²) >= 11 is 0. The molecule has 2 aliphatic rings. The van der Waals surface area contributed by atoms with Crippen molar-refractivity contribution in [2.75, 3.05) is 0 Å². The van der Waals surface area contributed by atoms with Crippen molar-refractivity contribution in [3.63, 3.8) is 0 Å². The smallest absolute Gasteiger partial charge is 0.305 e. The van der Waals surface area contributed by atoms with E-state index in [1.165, 1.54) is 0 Å². The van der Waals surface area contributed by atoms with Gasteiger partial charge >= 0.3 is 5.69 Å². The zero-order valence-corrected chi connectivity index (χ0v) is 10.6. The highest BCUT2D eigenvalue weighted by Crippen LogP contribution is 2.24. The summed E-state index contributed by atoms with van der Waals surface area (Å²) in [7, 11) is 0. The molecule has 1 aliphatic heterocycles. The van der Waals surface area contributed by atoms with Crippen molar-refractivity contribution in [3.8, 4) is 17.1 Å². The molecule has 0 saturated heterocycles. The molecule has 96 valence electrons. The molecule has 0 bridgehead atoms. The van der Waals surface area contributed by atoms with Crippen LogP contribution >= 0.6 is 0 Å². The Morgan fingerprint density at radius 3 is 2.70 bits per heavy atom. The highest BCUT2D eigenvalue weighted by atomic mass is 16.1. The highest BCUT2D eigenvalue weighted by molar-refractivity contribution is 5.78. The first-order valence-electron chi connectivity index (χ1n) is 6.39. The molecule has 0 atom stereocenters. The van der Waals surface area contributed by atoms with Crippen molar-refractivity contribution in [2.45, 2.75) is 0 Å². The van der Waals surface area contributed by atoms with Gasteiger partial charge in [-0.15, -0.1) is 0 Å². The number of benzene rings is 1. The zero-order valence-electron chi connectivity index (χ0n) is 10.6. The summed E-state index contributed by atoms with van der Waals surface area (Å²) in [5, 5.41) is 0. The SMILES string of the molecule is O=c1[nH]c2ccccc2n1-c1cc2cccccc-2n1. The van der Waals surface area contributed by atoms with Gasteiger partial charge in [-0.1, -0.05) is 36.4 Å². The van der Waals surface area contributed by atoms with E-state index in [2.05, 4.69) is 9.97 Å². The number of hydrogen-bond donors (Lipinski definition) is 1. The van der Waals surface area contributed by atoms with E-state index >= 15 is 0 Å². The van der Waals surface area contributed by atoms with Gasteiger partial charge in [-0.25, -0.2) is 14.3 Å². The quantitative estimate of drug-likeness (QED) is 0.573. The fraction of sp³-hybridized carbons (Fsp3) is 0. The van der Waals surface area contributed by atoms with Gasteiger partial charge in [0.1, 0.15) is 5.82 Å². The molecular weight excluding hydrogens is 250 g/mol. The summed E-state index contributed by atoms with van der Waals surface area (Å²) in [4.78, 5) is 19.5. The van der Waals surface area contributed by atoms with Crippen LogP contribution in [0.3, 0.4) is 0 Å². The number of hydrogen-bond acceptors (Lipinski definition) is 2. The van der Waals surface area contributed by atoms with E-state index in [0.717, 1.165) is 22.3 Å². The molecule has 0 unspecified atom stereocenters. The molecule has 1 aromatic heterocycles. The molecular formula is C16H11N3O. The van der Waals surface area contributed by atoms with Crippen molar-refractivity contribution in [2.24, 2.45) is 0 Å². The van der Waals surface area contributed by atoms with Crippen LogP contribution in [0.1, 0.15) is 0 Å². The van der Waals surface area contributed by atoms with Crippen molar-refractivity contribution >= 4 is 11.0 Å². The molecule has 4 nitrogen and oxygen atoms in total. The molecule has 0 amide bonds. The van der Waals surface area contributed by atoms with Gasteiger partial charge in [-0.3, -0.25) is 0 Å².